The molecule has 0 aliphatic carbocycles. The Morgan fingerprint density at radius 3 is 2.74 bits per heavy atom. The van der Waals surface area contributed by atoms with Crippen molar-refractivity contribution in [2.24, 2.45) is 0 Å². The average Bonchev–Trinajstić information content (AvgIpc) is 3.10. The summed E-state index contributed by atoms with van der Waals surface area (Å²) in [4.78, 5) is 31.4. The fourth-order valence-electron chi connectivity index (χ4n) is 3.65. The highest BCUT2D eigenvalue weighted by Crippen LogP contribution is 2.30. The maximum absolute atomic E-state index is 13.5. The fraction of sp³-hybridized carbons (Fsp3) is 0.318. The monoisotopic (exact) mass is 426 g/mol. The van der Waals surface area contributed by atoms with Gasteiger partial charge in [0.1, 0.15) is 17.2 Å². The van der Waals surface area contributed by atoms with Crippen LogP contribution in [0.1, 0.15) is 24.3 Å². The first-order valence-electron chi connectivity index (χ1n) is 10.0. The number of nitrogens with zero attached hydrogens (tertiary/aromatic N) is 2. The Morgan fingerprint density at radius 2 is 1.97 bits per heavy atom. The molecule has 1 saturated heterocycles. The number of benzene rings is 1. The van der Waals surface area contributed by atoms with Crippen molar-refractivity contribution in [1.29, 1.82) is 0 Å². The first-order valence-corrected chi connectivity index (χ1v) is 10.0. The molecule has 1 aromatic carbocycles. The zero-order chi connectivity index (χ0) is 22.0. The number of carbonyl (C=O) groups is 2. The summed E-state index contributed by atoms with van der Waals surface area (Å²) in [5.74, 6) is -0.927. The number of rotatable bonds is 4. The second kappa shape index (κ2) is 8.73. The third-order valence-electron chi connectivity index (χ3n) is 5.23. The lowest BCUT2D eigenvalue weighted by atomic mass is 10.1. The van der Waals surface area contributed by atoms with E-state index in [0.717, 1.165) is 0 Å². The summed E-state index contributed by atoms with van der Waals surface area (Å²) in [5.41, 5.74) is 1.68. The maximum Gasteiger partial charge on any atom is 0.313 e. The Hall–Kier alpha value is -3.46. The van der Waals surface area contributed by atoms with E-state index in [2.05, 4.69) is 15.6 Å². The average molecular weight is 426 g/mol. The fourth-order valence-corrected chi connectivity index (χ4v) is 3.65. The van der Waals surface area contributed by atoms with E-state index in [1.54, 1.807) is 32.2 Å². The van der Waals surface area contributed by atoms with E-state index < -0.39 is 17.9 Å². The smallest absolute Gasteiger partial charge is 0.313 e. The van der Waals surface area contributed by atoms with Gasteiger partial charge < -0.3 is 24.7 Å². The Labute approximate surface area is 178 Å². The molecule has 0 radical (unpaired) electrons. The van der Waals surface area contributed by atoms with Gasteiger partial charge in [0.15, 0.2) is 5.82 Å². The highest BCUT2D eigenvalue weighted by atomic mass is 19.1. The molecule has 0 spiro atoms. The number of pyridine rings is 1. The molecular weight excluding hydrogens is 403 g/mol. The van der Waals surface area contributed by atoms with Crippen molar-refractivity contribution in [1.82, 2.24) is 10.3 Å². The van der Waals surface area contributed by atoms with Crippen LogP contribution in [0.5, 0.6) is 0 Å². The molecule has 0 bridgehead atoms. The molecule has 8 nitrogen and oxygen atoms in total. The van der Waals surface area contributed by atoms with E-state index in [1.165, 1.54) is 18.2 Å². The zero-order valence-electron chi connectivity index (χ0n) is 17.3. The normalized spacial score (nSPS) is 15.0. The van der Waals surface area contributed by atoms with Gasteiger partial charge in [-0.3, -0.25) is 9.59 Å². The molecule has 2 aromatic heterocycles. The number of hydrogen-bond acceptors (Lipinski definition) is 6. The molecule has 31 heavy (non-hydrogen) atoms. The number of halogens is 1. The number of aromatic nitrogens is 1. The number of furan rings is 1. The van der Waals surface area contributed by atoms with Crippen LogP contribution in [0.4, 0.5) is 15.9 Å². The Balaban J connectivity index is 1.46. The van der Waals surface area contributed by atoms with Crippen molar-refractivity contribution in [3.63, 3.8) is 0 Å². The standard InChI is InChI=1S/C22H23FN4O4/c1-13-16-12-15(23)5-6-18(16)31-19(13)14(2)25-21(28)22(29)26-17-4-3-7-24-20(17)27-8-10-30-11-9-27/h3-7,12,14H,8-11H2,1-2H3,(H,25,28)(H,26,29). The summed E-state index contributed by atoms with van der Waals surface area (Å²) in [7, 11) is 0. The summed E-state index contributed by atoms with van der Waals surface area (Å²) in [6.45, 7) is 5.93. The van der Waals surface area contributed by atoms with E-state index in [0.29, 0.717) is 60.1 Å². The van der Waals surface area contributed by atoms with Crippen molar-refractivity contribution in [3.8, 4) is 0 Å². The van der Waals surface area contributed by atoms with E-state index >= 15 is 0 Å². The van der Waals surface area contributed by atoms with Crippen molar-refractivity contribution in [2.45, 2.75) is 19.9 Å². The van der Waals surface area contributed by atoms with Gasteiger partial charge >= 0.3 is 11.8 Å². The van der Waals surface area contributed by atoms with Crippen molar-refractivity contribution in [3.05, 3.63) is 53.7 Å². The summed E-state index contributed by atoms with van der Waals surface area (Å²) < 4.78 is 24.7. The molecule has 9 heteroatoms. The highest BCUT2D eigenvalue weighted by molar-refractivity contribution is 6.40. The van der Waals surface area contributed by atoms with E-state index in [9.17, 15) is 14.0 Å². The summed E-state index contributed by atoms with van der Waals surface area (Å²) in [5, 5.41) is 5.91. The number of aryl methyl sites for hydroxylation is 1. The van der Waals surface area contributed by atoms with E-state index in [4.69, 9.17) is 9.15 Å². The van der Waals surface area contributed by atoms with Crippen LogP contribution >= 0.6 is 0 Å². The molecule has 1 aliphatic rings. The summed E-state index contributed by atoms with van der Waals surface area (Å²) >= 11 is 0. The number of nitrogens with one attached hydrogen (secondary N) is 2. The van der Waals surface area contributed by atoms with Crippen LogP contribution < -0.4 is 15.5 Å². The highest BCUT2D eigenvalue weighted by Gasteiger charge is 2.24. The number of anilines is 2. The number of hydrogen-bond donors (Lipinski definition) is 2. The Morgan fingerprint density at radius 1 is 1.19 bits per heavy atom. The van der Waals surface area contributed by atoms with Crippen LogP contribution in [0, 0.1) is 12.7 Å². The van der Waals surface area contributed by atoms with Gasteiger partial charge in [0.25, 0.3) is 0 Å². The van der Waals surface area contributed by atoms with Crippen molar-refractivity contribution < 1.29 is 23.1 Å². The molecule has 1 unspecified atom stereocenters. The number of amides is 2. The van der Waals surface area contributed by atoms with Gasteiger partial charge in [0.2, 0.25) is 0 Å². The SMILES string of the molecule is Cc1c(C(C)NC(=O)C(=O)Nc2cccnc2N2CCOCC2)oc2ccc(F)cc12. The largest absolute Gasteiger partial charge is 0.459 e. The molecule has 3 aromatic rings. The number of ether oxygens (including phenoxy) is 1. The third-order valence-corrected chi connectivity index (χ3v) is 5.23. The molecule has 2 N–H and O–H groups in total. The lowest BCUT2D eigenvalue weighted by Gasteiger charge is -2.29. The van der Waals surface area contributed by atoms with Gasteiger partial charge in [0.05, 0.1) is 24.9 Å². The second-order valence-electron chi connectivity index (χ2n) is 7.36. The van der Waals surface area contributed by atoms with Gasteiger partial charge in [-0.2, -0.15) is 0 Å². The maximum atomic E-state index is 13.5. The quantitative estimate of drug-likeness (QED) is 0.623. The Kier molecular flexibility index (Phi) is 5.85. The molecule has 2 amide bonds. The molecular formula is C22H23FN4O4. The van der Waals surface area contributed by atoms with Gasteiger partial charge in [-0.15, -0.1) is 0 Å². The summed E-state index contributed by atoms with van der Waals surface area (Å²) in [6.07, 6.45) is 1.63. The first-order chi connectivity index (χ1) is 14.9. The second-order valence-corrected chi connectivity index (χ2v) is 7.36. The third kappa shape index (κ3) is 4.36. The van der Waals surface area contributed by atoms with Crippen LogP contribution in [0.15, 0.2) is 40.9 Å². The Bertz CT molecular complexity index is 1120. The van der Waals surface area contributed by atoms with Gasteiger partial charge in [0, 0.05) is 30.2 Å². The minimum Gasteiger partial charge on any atom is -0.459 e. The molecule has 4 rings (SSSR count). The van der Waals surface area contributed by atoms with Gasteiger partial charge in [-0.05, 0) is 44.2 Å². The zero-order valence-corrected chi connectivity index (χ0v) is 17.3. The van der Waals surface area contributed by atoms with Crippen LogP contribution in [0.25, 0.3) is 11.0 Å². The van der Waals surface area contributed by atoms with Crippen molar-refractivity contribution in [2.75, 3.05) is 36.5 Å². The molecule has 0 saturated carbocycles. The molecule has 1 fully saturated rings. The lowest BCUT2D eigenvalue weighted by molar-refractivity contribution is -0.136. The number of carbonyl (C=O) groups excluding carboxylic acids is 2. The van der Waals surface area contributed by atoms with E-state index in [-0.39, 0.29) is 5.82 Å². The molecule has 3 heterocycles. The van der Waals surface area contributed by atoms with Gasteiger partial charge in [-0.25, -0.2) is 9.37 Å². The molecule has 1 atom stereocenters. The first kappa shape index (κ1) is 20.8. The van der Waals surface area contributed by atoms with Gasteiger partial charge in [-0.1, -0.05) is 0 Å². The van der Waals surface area contributed by atoms with Crippen LogP contribution in [-0.2, 0) is 14.3 Å². The van der Waals surface area contributed by atoms with Crippen LogP contribution in [0.2, 0.25) is 0 Å². The predicted octanol–water partition coefficient (Wildman–Crippen LogP) is 2.93. The number of fused-ring (bicyclic) bond motifs is 1. The number of morpholine rings is 1. The van der Waals surface area contributed by atoms with E-state index in [1.807, 2.05) is 4.90 Å². The molecule has 162 valence electrons. The van der Waals surface area contributed by atoms with Crippen molar-refractivity contribution >= 4 is 34.3 Å². The van der Waals surface area contributed by atoms with Crippen LogP contribution in [0.3, 0.4) is 0 Å². The summed E-state index contributed by atoms with van der Waals surface area (Å²) in [6, 6.07) is 7.04. The molecule has 1 aliphatic heterocycles. The van der Waals surface area contributed by atoms with Crippen LogP contribution in [-0.4, -0.2) is 43.1 Å². The predicted molar refractivity (Wildman–Crippen MR) is 113 cm³/mol. The minimum absolute atomic E-state index is 0.369. The lowest BCUT2D eigenvalue weighted by Crippen LogP contribution is -2.39. The topological polar surface area (TPSA) is 96.7 Å². The minimum atomic E-state index is -0.811.